The summed E-state index contributed by atoms with van der Waals surface area (Å²) in [6, 6.07) is 20.0. The van der Waals surface area contributed by atoms with Gasteiger partial charge < -0.3 is 10.2 Å². The van der Waals surface area contributed by atoms with Crippen LogP contribution in [0.1, 0.15) is 13.8 Å². The predicted octanol–water partition coefficient (Wildman–Crippen LogP) is 2.54. The van der Waals surface area contributed by atoms with Gasteiger partial charge in [-0.1, -0.05) is 13.8 Å². The van der Waals surface area contributed by atoms with Gasteiger partial charge in [0.25, 0.3) is 0 Å². The molecule has 0 heterocycles. The second-order valence-corrected chi connectivity index (χ2v) is 3.33. The van der Waals surface area contributed by atoms with Crippen LogP contribution in [0.2, 0.25) is 0 Å². The minimum absolute atomic E-state index is 0.0833. The number of hydrogen-bond acceptors (Lipinski definition) is 2. The van der Waals surface area contributed by atoms with Crippen LogP contribution in [0.4, 0.5) is 0 Å². The van der Waals surface area contributed by atoms with E-state index in [1.54, 1.807) is 20.0 Å². The molecule has 0 fully saturated rings. The van der Waals surface area contributed by atoms with Crippen LogP contribution < -0.4 is 10.2 Å². The second-order valence-electron chi connectivity index (χ2n) is 3.33. The molecule has 108 valence electrons. The van der Waals surface area contributed by atoms with Gasteiger partial charge in [-0.3, -0.25) is 0 Å². The fourth-order valence-electron chi connectivity index (χ4n) is 0.642. The molecule has 0 bridgehead atoms. The van der Waals surface area contributed by atoms with E-state index in [-0.39, 0.29) is 11.5 Å². The van der Waals surface area contributed by atoms with Crippen LogP contribution in [0.25, 0.3) is 0 Å². The van der Waals surface area contributed by atoms with Gasteiger partial charge >= 0.3 is 24.8 Å². The number of allylic oxidation sites excluding steroid dienone is 2. The van der Waals surface area contributed by atoms with E-state index in [4.69, 9.17) is 0 Å². The first-order valence-electron chi connectivity index (χ1n) is 5.80. The summed E-state index contributed by atoms with van der Waals surface area (Å²) >= 11 is 1.75. The molecule has 0 radical (unpaired) electrons. The van der Waals surface area contributed by atoms with Crippen molar-refractivity contribution in [1.29, 1.82) is 0 Å². The van der Waals surface area contributed by atoms with Crippen LogP contribution in [0, 0.1) is 0 Å². The molecule has 0 spiro atoms. The first-order valence-corrected chi connectivity index (χ1v) is 6.91. The van der Waals surface area contributed by atoms with Gasteiger partial charge in [-0.2, -0.15) is 36.4 Å². The molecule has 2 rings (SSSR count). The summed E-state index contributed by atoms with van der Waals surface area (Å²) in [7, 11) is 0. The molecule has 0 amide bonds. The van der Waals surface area contributed by atoms with Gasteiger partial charge in [0, 0.05) is 0 Å². The van der Waals surface area contributed by atoms with E-state index in [1.807, 2.05) is 60.7 Å². The Kier molecular flexibility index (Phi) is 26.4. The van der Waals surface area contributed by atoms with Gasteiger partial charge in [-0.05, 0) is 0 Å². The maximum atomic E-state index is 9.33. The Labute approximate surface area is 134 Å². The quantitative estimate of drug-likeness (QED) is 0.426. The first-order chi connectivity index (χ1) is 9.46. The van der Waals surface area contributed by atoms with Crippen LogP contribution in [0.5, 0.6) is 0 Å². The van der Waals surface area contributed by atoms with Gasteiger partial charge in [0.1, 0.15) is 0 Å². The third kappa shape index (κ3) is 55.2. The van der Waals surface area contributed by atoms with Crippen molar-refractivity contribution >= 4 is 4.82 Å². The standard InChI is InChI=1S/2C5H5.2C3H6O.CH2.Ti/c2*1-2-4-5-3-1;2*1-3(2)4;;/h2*1-5H;2*4H,1H2,2H3;1H2;/q2*-1;;;;+2/p-2. The minimum atomic E-state index is -0.0833. The molecule has 0 aliphatic rings. The van der Waals surface area contributed by atoms with Gasteiger partial charge in [-0.25, -0.2) is 24.3 Å². The Balaban J connectivity index is -0.000000187. The van der Waals surface area contributed by atoms with Crippen LogP contribution in [-0.2, 0) is 20.0 Å². The summed E-state index contributed by atoms with van der Waals surface area (Å²) in [5.41, 5.74) is 0. The summed E-state index contributed by atoms with van der Waals surface area (Å²) in [6.07, 6.45) is 0. The molecule has 0 atom stereocenters. The Morgan fingerprint density at radius 2 is 0.900 bits per heavy atom. The van der Waals surface area contributed by atoms with E-state index >= 15 is 0 Å². The third-order valence-electron chi connectivity index (χ3n) is 1.11. The smallest absolute Gasteiger partial charge is 0.172 e. The van der Waals surface area contributed by atoms with Crippen molar-refractivity contribution in [2.24, 2.45) is 0 Å². The Morgan fingerprint density at radius 3 is 0.950 bits per heavy atom. The molecule has 0 aromatic heterocycles. The Hall–Kier alpha value is -1.64. The van der Waals surface area contributed by atoms with Crippen LogP contribution in [-0.4, -0.2) is 4.82 Å². The minimum Gasteiger partial charge on any atom is -0.214 e. The zero-order valence-electron chi connectivity index (χ0n) is 12.2. The first kappa shape index (κ1) is 23.5. The van der Waals surface area contributed by atoms with Crippen molar-refractivity contribution in [2.75, 3.05) is 0 Å². The molecule has 0 aliphatic carbocycles. The van der Waals surface area contributed by atoms with E-state index in [9.17, 15) is 10.2 Å². The summed E-state index contributed by atoms with van der Waals surface area (Å²) < 4.78 is 0. The topological polar surface area (TPSA) is 46.1 Å². The van der Waals surface area contributed by atoms with Crippen molar-refractivity contribution in [2.45, 2.75) is 13.8 Å². The third-order valence-corrected chi connectivity index (χ3v) is 1.11. The monoisotopic (exact) mass is 306 g/mol. The molecular formula is C17H22O2Ti-2. The molecule has 2 aromatic rings. The molecule has 0 saturated carbocycles. The zero-order chi connectivity index (χ0) is 16.2. The molecule has 0 saturated heterocycles. The van der Waals surface area contributed by atoms with E-state index < -0.39 is 0 Å². The molecular weight excluding hydrogens is 284 g/mol. The average molecular weight is 306 g/mol. The maximum Gasteiger partial charge on any atom is -0.172 e. The van der Waals surface area contributed by atoms with E-state index in [0.29, 0.717) is 0 Å². The molecule has 0 aliphatic heterocycles. The van der Waals surface area contributed by atoms with Gasteiger partial charge in [0.15, 0.2) is 0 Å². The molecule has 3 heteroatoms. The summed E-state index contributed by atoms with van der Waals surface area (Å²) in [4.78, 5) is 3.25. The maximum absolute atomic E-state index is 9.33. The van der Waals surface area contributed by atoms with Crippen LogP contribution in [0.3, 0.4) is 0 Å². The van der Waals surface area contributed by atoms with Crippen molar-refractivity contribution in [1.82, 2.24) is 0 Å². The largest absolute Gasteiger partial charge is 0.214 e. The van der Waals surface area contributed by atoms with Crippen molar-refractivity contribution in [3.63, 3.8) is 0 Å². The number of hydrogen-bond donors (Lipinski definition) is 0. The van der Waals surface area contributed by atoms with Crippen LogP contribution >= 0.6 is 0 Å². The summed E-state index contributed by atoms with van der Waals surface area (Å²) in [5, 5.41) is 18.7. The Bertz CT molecular complexity index is 294. The van der Waals surface area contributed by atoms with Crippen LogP contribution in [0.15, 0.2) is 85.3 Å². The van der Waals surface area contributed by atoms with Gasteiger partial charge in [0.2, 0.25) is 0 Å². The second kappa shape index (κ2) is 22.5. The predicted molar refractivity (Wildman–Crippen MR) is 80.8 cm³/mol. The van der Waals surface area contributed by atoms with Gasteiger partial charge in [-0.15, -0.1) is 24.7 Å². The molecule has 0 unspecified atom stereocenters. The van der Waals surface area contributed by atoms with Crippen molar-refractivity contribution in [3.05, 3.63) is 85.3 Å². The molecule has 2 nitrogen and oxygen atoms in total. The fraction of sp³-hybridized carbons (Fsp3) is 0.118. The normalized spacial score (nSPS) is 6.80. The number of rotatable bonds is 0. The fourth-order valence-corrected chi connectivity index (χ4v) is 0.642. The summed E-state index contributed by atoms with van der Waals surface area (Å²) in [6.45, 7) is 8.83. The Morgan fingerprint density at radius 1 is 0.750 bits per heavy atom. The van der Waals surface area contributed by atoms with Crippen molar-refractivity contribution in [3.8, 4) is 0 Å². The van der Waals surface area contributed by atoms with E-state index in [2.05, 4.69) is 18.0 Å². The zero-order valence-corrected chi connectivity index (χ0v) is 13.8. The van der Waals surface area contributed by atoms with E-state index in [0.717, 1.165) is 0 Å². The van der Waals surface area contributed by atoms with Gasteiger partial charge in [0.05, 0.1) is 0 Å². The van der Waals surface area contributed by atoms with E-state index in [1.165, 1.54) is 13.8 Å². The molecule has 2 aromatic carbocycles. The SMILES string of the molecule is C=C(C)[O-].C=C(C)[O-].[CH2]=[Ti+2].c1cc[cH-]c1.c1cc[cH-]c1. The average Bonchev–Trinajstić information content (AvgIpc) is 3.09. The van der Waals surface area contributed by atoms with Crippen molar-refractivity contribution < 1.29 is 30.2 Å². The molecule has 0 N–H and O–H groups in total. The molecule has 20 heavy (non-hydrogen) atoms. The summed E-state index contributed by atoms with van der Waals surface area (Å²) in [5.74, 6) is -0.167.